The van der Waals surface area contributed by atoms with Gasteiger partial charge in [0, 0.05) is 17.3 Å². The van der Waals surface area contributed by atoms with E-state index in [1.165, 1.54) is 0 Å². The van der Waals surface area contributed by atoms with Gasteiger partial charge in [-0.25, -0.2) is 0 Å². The van der Waals surface area contributed by atoms with Crippen LogP contribution < -0.4 is 10.6 Å². The molecule has 2 aliphatic rings. The van der Waals surface area contributed by atoms with Crippen molar-refractivity contribution in [3.63, 3.8) is 0 Å². The third-order valence-corrected chi connectivity index (χ3v) is 4.45. The molecule has 22 heavy (non-hydrogen) atoms. The SMILES string of the molecule is O=C1Cc2cc(NC(=O)C3CCC(C(=O)O)CC3)ccc2N1. The van der Waals surface area contributed by atoms with E-state index in [0.29, 0.717) is 37.8 Å². The van der Waals surface area contributed by atoms with Gasteiger partial charge in [-0.3, -0.25) is 14.4 Å². The molecule has 116 valence electrons. The predicted molar refractivity (Wildman–Crippen MR) is 80.5 cm³/mol. The van der Waals surface area contributed by atoms with Crippen LogP contribution in [0.4, 0.5) is 11.4 Å². The molecule has 0 bridgehead atoms. The molecule has 1 aliphatic carbocycles. The van der Waals surface area contributed by atoms with Crippen LogP contribution in [0.1, 0.15) is 31.2 Å². The Labute approximate surface area is 127 Å². The summed E-state index contributed by atoms with van der Waals surface area (Å²) >= 11 is 0. The Morgan fingerprint density at radius 3 is 2.50 bits per heavy atom. The maximum Gasteiger partial charge on any atom is 0.306 e. The Kier molecular flexibility index (Phi) is 3.83. The molecular formula is C16H18N2O4. The minimum Gasteiger partial charge on any atom is -0.481 e. The zero-order chi connectivity index (χ0) is 15.7. The number of nitrogens with one attached hydrogen (secondary N) is 2. The average Bonchev–Trinajstić information content (AvgIpc) is 2.86. The van der Waals surface area contributed by atoms with E-state index in [9.17, 15) is 14.4 Å². The van der Waals surface area contributed by atoms with E-state index in [-0.39, 0.29) is 23.7 Å². The van der Waals surface area contributed by atoms with Crippen LogP contribution in [0.2, 0.25) is 0 Å². The summed E-state index contributed by atoms with van der Waals surface area (Å²) in [5.74, 6) is -1.33. The van der Waals surface area contributed by atoms with E-state index in [1.54, 1.807) is 12.1 Å². The molecule has 1 fully saturated rings. The molecule has 1 aromatic rings. The fraction of sp³-hybridized carbons (Fsp3) is 0.438. The van der Waals surface area contributed by atoms with Crippen molar-refractivity contribution in [2.45, 2.75) is 32.1 Å². The molecule has 0 unspecified atom stereocenters. The summed E-state index contributed by atoms with van der Waals surface area (Å²) < 4.78 is 0. The van der Waals surface area contributed by atoms with Gasteiger partial charge in [-0.15, -0.1) is 0 Å². The number of carbonyl (C=O) groups excluding carboxylic acids is 2. The predicted octanol–water partition coefficient (Wildman–Crippen LogP) is 2.01. The molecule has 0 saturated heterocycles. The number of benzene rings is 1. The zero-order valence-corrected chi connectivity index (χ0v) is 12.1. The highest BCUT2D eigenvalue weighted by Gasteiger charge is 2.29. The lowest BCUT2D eigenvalue weighted by Crippen LogP contribution is -2.29. The monoisotopic (exact) mass is 302 g/mol. The van der Waals surface area contributed by atoms with Crippen LogP contribution in [0, 0.1) is 11.8 Å². The number of rotatable bonds is 3. The second kappa shape index (κ2) is 5.79. The van der Waals surface area contributed by atoms with Crippen molar-refractivity contribution in [3.05, 3.63) is 23.8 Å². The van der Waals surface area contributed by atoms with E-state index in [1.807, 2.05) is 6.07 Å². The first-order valence-corrected chi connectivity index (χ1v) is 7.49. The van der Waals surface area contributed by atoms with Crippen molar-refractivity contribution in [2.75, 3.05) is 10.6 Å². The summed E-state index contributed by atoms with van der Waals surface area (Å²) in [5.41, 5.74) is 2.36. The summed E-state index contributed by atoms with van der Waals surface area (Å²) in [6, 6.07) is 5.37. The lowest BCUT2D eigenvalue weighted by molar-refractivity contribution is -0.143. The lowest BCUT2D eigenvalue weighted by atomic mass is 9.81. The number of anilines is 2. The standard InChI is InChI=1S/C16H18N2O4/c19-14-8-11-7-12(5-6-13(11)18-14)17-15(20)9-1-3-10(4-2-9)16(21)22/h5-7,9-10H,1-4,8H2,(H,17,20)(H,18,19)(H,21,22). The highest BCUT2D eigenvalue weighted by atomic mass is 16.4. The van der Waals surface area contributed by atoms with E-state index >= 15 is 0 Å². The summed E-state index contributed by atoms with van der Waals surface area (Å²) in [6.45, 7) is 0. The van der Waals surface area contributed by atoms with Gasteiger partial charge in [0.15, 0.2) is 0 Å². The van der Waals surface area contributed by atoms with E-state index in [4.69, 9.17) is 5.11 Å². The highest BCUT2D eigenvalue weighted by Crippen LogP contribution is 2.31. The van der Waals surface area contributed by atoms with Crippen molar-refractivity contribution in [1.82, 2.24) is 0 Å². The fourth-order valence-corrected chi connectivity index (χ4v) is 3.15. The fourth-order valence-electron chi connectivity index (χ4n) is 3.15. The molecule has 0 atom stereocenters. The summed E-state index contributed by atoms with van der Waals surface area (Å²) in [6.07, 6.45) is 2.65. The van der Waals surface area contributed by atoms with Gasteiger partial charge in [0.05, 0.1) is 12.3 Å². The maximum atomic E-state index is 12.3. The topological polar surface area (TPSA) is 95.5 Å². The third-order valence-electron chi connectivity index (χ3n) is 4.45. The Balaban J connectivity index is 1.60. The molecule has 1 heterocycles. The molecule has 0 aromatic heterocycles. The van der Waals surface area contributed by atoms with Gasteiger partial charge in [0.25, 0.3) is 0 Å². The van der Waals surface area contributed by atoms with Crippen LogP contribution >= 0.6 is 0 Å². The Bertz CT molecular complexity index is 633. The minimum absolute atomic E-state index is 0.0366. The molecule has 1 aliphatic heterocycles. The molecule has 1 aromatic carbocycles. The summed E-state index contributed by atoms with van der Waals surface area (Å²) in [5, 5.41) is 14.6. The molecule has 3 rings (SSSR count). The number of hydrogen-bond donors (Lipinski definition) is 3. The van der Waals surface area contributed by atoms with Gasteiger partial charge in [-0.1, -0.05) is 0 Å². The first kappa shape index (κ1) is 14.6. The van der Waals surface area contributed by atoms with Crippen molar-refractivity contribution in [3.8, 4) is 0 Å². The largest absolute Gasteiger partial charge is 0.481 e. The van der Waals surface area contributed by atoms with Gasteiger partial charge in [-0.2, -0.15) is 0 Å². The van der Waals surface area contributed by atoms with Crippen LogP contribution in [0.15, 0.2) is 18.2 Å². The normalized spacial score (nSPS) is 23.5. The first-order valence-electron chi connectivity index (χ1n) is 7.49. The summed E-state index contributed by atoms with van der Waals surface area (Å²) in [7, 11) is 0. The lowest BCUT2D eigenvalue weighted by Gasteiger charge is -2.25. The van der Waals surface area contributed by atoms with Crippen LogP contribution in [0.3, 0.4) is 0 Å². The van der Waals surface area contributed by atoms with Crippen LogP contribution in [0.5, 0.6) is 0 Å². The first-order chi connectivity index (χ1) is 10.5. The Morgan fingerprint density at radius 2 is 1.82 bits per heavy atom. The summed E-state index contributed by atoms with van der Waals surface area (Å²) in [4.78, 5) is 34.5. The maximum absolute atomic E-state index is 12.3. The number of amides is 2. The number of fused-ring (bicyclic) bond motifs is 1. The van der Waals surface area contributed by atoms with Gasteiger partial charge < -0.3 is 15.7 Å². The number of carboxylic acid groups (broad SMARTS) is 1. The highest BCUT2D eigenvalue weighted by molar-refractivity contribution is 6.00. The van der Waals surface area contributed by atoms with E-state index in [0.717, 1.165) is 11.3 Å². The van der Waals surface area contributed by atoms with Crippen LogP contribution in [-0.4, -0.2) is 22.9 Å². The number of carbonyl (C=O) groups is 3. The van der Waals surface area contributed by atoms with Gasteiger partial charge >= 0.3 is 5.97 Å². The van der Waals surface area contributed by atoms with Gasteiger partial charge in [0.1, 0.15) is 0 Å². The molecule has 2 amide bonds. The second-order valence-electron chi connectivity index (χ2n) is 5.97. The average molecular weight is 302 g/mol. The number of hydrogen-bond acceptors (Lipinski definition) is 3. The molecule has 0 spiro atoms. The third kappa shape index (κ3) is 2.95. The Hall–Kier alpha value is -2.37. The van der Waals surface area contributed by atoms with E-state index < -0.39 is 5.97 Å². The van der Waals surface area contributed by atoms with Gasteiger partial charge in [0.2, 0.25) is 11.8 Å². The molecular weight excluding hydrogens is 284 g/mol. The number of carboxylic acids is 1. The molecule has 6 nitrogen and oxygen atoms in total. The van der Waals surface area contributed by atoms with E-state index in [2.05, 4.69) is 10.6 Å². The zero-order valence-electron chi connectivity index (χ0n) is 12.1. The molecule has 0 radical (unpaired) electrons. The quantitative estimate of drug-likeness (QED) is 0.796. The molecule has 1 saturated carbocycles. The van der Waals surface area contributed by atoms with Crippen molar-refractivity contribution in [1.29, 1.82) is 0 Å². The van der Waals surface area contributed by atoms with Crippen molar-refractivity contribution >= 4 is 29.2 Å². The second-order valence-corrected chi connectivity index (χ2v) is 5.97. The van der Waals surface area contributed by atoms with Crippen LogP contribution in [-0.2, 0) is 20.8 Å². The Morgan fingerprint density at radius 1 is 1.14 bits per heavy atom. The smallest absolute Gasteiger partial charge is 0.306 e. The van der Waals surface area contributed by atoms with Crippen molar-refractivity contribution < 1.29 is 19.5 Å². The van der Waals surface area contributed by atoms with Gasteiger partial charge in [-0.05, 0) is 49.4 Å². The van der Waals surface area contributed by atoms with Crippen molar-refractivity contribution in [2.24, 2.45) is 11.8 Å². The van der Waals surface area contributed by atoms with Crippen LogP contribution in [0.25, 0.3) is 0 Å². The number of aliphatic carboxylic acids is 1. The minimum atomic E-state index is -0.769. The molecule has 3 N–H and O–H groups in total. The molecule has 6 heteroatoms.